The van der Waals surface area contributed by atoms with Crippen LogP contribution in [0.25, 0.3) is 0 Å². The summed E-state index contributed by atoms with van der Waals surface area (Å²) in [6.45, 7) is 4.38. The van der Waals surface area contributed by atoms with Crippen molar-refractivity contribution in [3.63, 3.8) is 0 Å². The number of hydrogen-bond donors (Lipinski definition) is 2. The van der Waals surface area contributed by atoms with Gasteiger partial charge in [-0.1, -0.05) is 31.5 Å². The van der Waals surface area contributed by atoms with Gasteiger partial charge in [-0.05, 0) is 24.5 Å². The molecule has 1 aromatic carbocycles. The van der Waals surface area contributed by atoms with Crippen molar-refractivity contribution >= 4 is 17.5 Å². The predicted molar refractivity (Wildman–Crippen MR) is 77.3 cm³/mol. The first-order valence-corrected chi connectivity index (χ1v) is 6.68. The fraction of sp³-hybridized carbons (Fsp3) is 0.500. The second-order valence-electron chi connectivity index (χ2n) is 4.87. The Morgan fingerprint density at radius 1 is 1.47 bits per heavy atom. The summed E-state index contributed by atoms with van der Waals surface area (Å²) in [5.74, 6) is 0.872. The lowest BCUT2D eigenvalue weighted by molar-refractivity contribution is -0.122. The van der Waals surface area contributed by atoms with Crippen molar-refractivity contribution in [2.75, 3.05) is 7.11 Å². The van der Waals surface area contributed by atoms with E-state index in [2.05, 4.69) is 5.32 Å². The fourth-order valence-electron chi connectivity index (χ4n) is 1.82. The van der Waals surface area contributed by atoms with Crippen LogP contribution in [-0.4, -0.2) is 19.1 Å². The lowest BCUT2D eigenvalue weighted by atomic mass is 10.0. The van der Waals surface area contributed by atoms with E-state index in [1.54, 1.807) is 25.3 Å². The Kier molecular flexibility index (Phi) is 6.12. The van der Waals surface area contributed by atoms with Gasteiger partial charge in [0.2, 0.25) is 5.91 Å². The van der Waals surface area contributed by atoms with Crippen LogP contribution in [0.2, 0.25) is 5.02 Å². The molecule has 0 aromatic heterocycles. The van der Waals surface area contributed by atoms with Gasteiger partial charge in [0.15, 0.2) is 0 Å². The van der Waals surface area contributed by atoms with Crippen molar-refractivity contribution in [1.29, 1.82) is 0 Å². The SMILES string of the molecule is COc1cccc(Cl)c1CNC(=O)C(N)CC(C)C. The Morgan fingerprint density at radius 3 is 2.74 bits per heavy atom. The average Bonchev–Trinajstić information content (AvgIpc) is 2.35. The first-order valence-electron chi connectivity index (χ1n) is 6.30. The second kappa shape index (κ2) is 7.36. The van der Waals surface area contributed by atoms with E-state index >= 15 is 0 Å². The quantitative estimate of drug-likeness (QED) is 0.843. The molecule has 1 unspecified atom stereocenters. The van der Waals surface area contributed by atoms with Crippen molar-refractivity contribution in [2.24, 2.45) is 11.7 Å². The van der Waals surface area contributed by atoms with E-state index in [0.29, 0.717) is 29.7 Å². The number of ether oxygens (including phenoxy) is 1. The summed E-state index contributed by atoms with van der Waals surface area (Å²) in [7, 11) is 1.57. The van der Waals surface area contributed by atoms with Crippen LogP contribution in [0, 0.1) is 5.92 Å². The molecular weight excluding hydrogens is 264 g/mol. The number of nitrogens with two attached hydrogens (primary N) is 1. The number of carbonyl (C=O) groups excluding carboxylic acids is 1. The molecule has 1 amide bonds. The van der Waals surface area contributed by atoms with Gasteiger partial charge in [0.1, 0.15) is 5.75 Å². The van der Waals surface area contributed by atoms with Crippen LogP contribution in [-0.2, 0) is 11.3 Å². The van der Waals surface area contributed by atoms with E-state index in [1.165, 1.54) is 0 Å². The number of nitrogens with one attached hydrogen (secondary N) is 1. The second-order valence-corrected chi connectivity index (χ2v) is 5.28. The summed E-state index contributed by atoms with van der Waals surface area (Å²) in [4.78, 5) is 11.8. The molecule has 0 bridgehead atoms. The monoisotopic (exact) mass is 284 g/mol. The zero-order chi connectivity index (χ0) is 14.4. The smallest absolute Gasteiger partial charge is 0.237 e. The van der Waals surface area contributed by atoms with Gasteiger partial charge in [-0.3, -0.25) is 4.79 Å². The minimum absolute atomic E-state index is 0.171. The molecular formula is C14H21ClN2O2. The Balaban J connectivity index is 2.64. The molecule has 0 saturated heterocycles. The Bertz CT molecular complexity index is 435. The summed E-state index contributed by atoms with van der Waals surface area (Å²) in [5.41, 5.74) is 6.58. The van der Waals surface area contributed by atoms with Crippen LogP contribution in [0.3, 0.4) is 0 Å². The average molecular weight is 285 g/mol. The predicted octanol–water partition coefficient (Wildman–Crippen LogP) is 2.34. The molecule has 106 valence electrons. The van der Waals surface area contributed by atoms with Gasteiger partial charge >= 0.3 is 0 Å². The molecule has 0 aliphatic heterocycles. The third-order valence-corrected chi connectivity index (χ3v) is 3.15. The van der Waals surface area contributed by atoms with Crippen LogP contribution in [0.1, 0.15) is 25.8 Å². The van der Waals surface area contributed by atoms with E-state index in [1.807, 2.05) is 13.8 Å². The molecule has 1 aromatic rings. The summed E-state index contributed by atoms with van der Waals surface area (Å²) in [5, 5.41) is 3.36. The summed E-state index contributed by atoms with van der Waals surface area (Å²) in [6, 6.07) is 4.88. The number of methoxy groups -OCH3 is 1. The van der Waals surface area contributed by atoms with Gasteiger partial charge in [0.25, 0.3) is 0 Å². The van der Waals surface area contributed by atoms with Crippen molar-refractivity contribution in [2.45, 2.75) is 32.9 Å². The summed E-state index contributed by atoms with van der Waals surface area (Å²) in [6.07, 6.45) is 0.658. The largest absolute Gasteiger partial charge is 0.496 e. The minimum atomic E-state index is -0.492. The highest BCUT2D eigenvalue weighted by atomic mass is 35.5. The topological polar surface area (TPSA) is 64.3 Å². The Hall–Kier alpha value is -1.26. The van der Waals surface area contributed by atoms with Crippen molar-refractivity contribution < 1.29 is 9.53 Å². The zero-order valence-electron chi connectivity index (χ0n) is 11.6. The Morgan fingerprint density at radius 2 is 2.16 bits per heavy atom. The van der Waals surface area contributed by atoms with E-state index in [-0.39, 0.29) is 5.91 Å². The van der Waals surface area contributed by atoms with Crippen LogP contribution >= 0.6 is 11.6 Å². The maximum atomic E-state index is 11.8. The molecule has 19 heavy (non-hydrogen) atoms. The van der Waals surface area contributed by atoms with E-state index in [0.717, 1.165) is 5.56 Å². The molecule has 0 spiro atoms. The molecule has 5 heteroatoms. The number of rotatable bonds is 6. The maximum absolute atomic E-state index is 11.8. The lowest BCUT2D eigenvalue weighted by Crippen LogP contribution is -2.41. The number of halogens is 1. The highest BCUT2D eigenvalue weighted by Crippen LogP contribution is 2.25. The number of carbonyl (C=O) groups is 1. The third kappa shape index (κ3) is 4.73. The Labute approximate surface area is 119 Å². The zero-order valence-corrected chi connectivity index (χ0v) is 12.3. The molecule has 3 N–H and O–H groups in total. The normalized spacial score (nSPS) is 12.3. The fourth-order valence-corrected chi connectivity index (χ4v) is 2.06. The standard InChI is InChI=1S/C14H21ClN2O2/c1-9(2)7-12(16)14(18)17-8-10-11(15)5-4-6-13(10)19-3/h4-6,9,12H,7-8,16H2,1-3H3,(H,17,18). The van der Waals surface area contributed by atoms with Crippen molar-refractivity contribution in [3.05, 3.63) is 28.8 Å². The molecule has 0 aliphatic rings. The van der Waals surface area contributed by atoms with Crippen LogP contribution in [0.15, 0.2) is 18.2 Å². The molecule has 0 fully saturated rings. The molecule has 1 atom stereocenters. The van der Waals surface area contributed by atoms with Gasteiger partial charge in [-0.25, -0.2) is 0 Å². The molecule has 0 aliphatic carbocycles. The van der Waals surface area contributed by atoms with Gasteiger partial charge in [-0.2, -0.15) is 0 Å². The van der Waals surface area contributed by atoms with Gasteiger partial charge < -0.3 is 15.8 Å². The van der Waals surface area contributed by atoms with Gasteiger partial charge in [0.05, 0.1) is 13.2 Å². The maximum Gasteiger partial charge on any atom is 0.237 e. The first-order chi connectivity index (χ1) is 8.95. The summed E-state index contributed by atoms with van der Waals surface area (Å²) < 4.78 is 5.22. The van der Waals surface area contributed by atoms with Crippen LogP contribution < -0.4 is 15.8 Å². The van der Waals surface area contributed by atoms with E-state index in [4.69, 9.17) is 22.1 Å². The molecule has 0 saturated carbocycles. The molecule has 1 rings (SSSR count). The van der Waals surface area contributed by atoms with Gasteiger partial charge in [0, 0.05) is 17.1 Å². The number of benzene rings is 1. The van der Waals surface area contributed by atoms with E-state index < -0.39 is 6.04 Å². The molecule has 4 nitrogen and oxygen atoms in total. The highest BCUT2D eigenvalue weighted by Gasteiger charge is 2.16. The van der Waals surface area contributed by atoms with Gasteiger partial charge in [-0.15, -0.1) is 0 Å². The van der Waals surface area contributed by atoms with Crippen molar-refractivity contribution in [1.82, 2.24) is 5.32 Å². The number of hydrogen-bond acceptors (Lipinski definition) is 3. The van der Waals surface area contributed by atoms with Crippen LogP contribution in [0.4, 0.5) is 0 Å². The highest BCUT2D eigenvalue weighted by molar-refractivity contribution is 6.31. The minimum Gasteiger partial charge on any atom is -0.496 e. The number of amides is 1. The van der Waals surface area contributed by atoms with Crippen LogP contribution in [0.5, 0.6) is 5.75 Å². The molecule has 0 heterocycles. The summed E-state index contributed by atoms with van der Waals surface area (Å²) >= 11 is 6.09. The first kappa shape index (κ1) is 15.8. The lowest BCUT2D eigenvalue weighted by Gasteiger charge is -2.15. The molecule has 0 radical (unpaired) electrons. The van der Waals surface area contributed by atoms with Crippen molar-refractivity contribution in [3.8, 4) is 5.75 Å². The third-order valence-electron chi connectivity index (χ3n) is 2.80. The van der Waals surface area contributed by atoms with E-state index in [9.17, 15) is 4.79 Å².